The summed E-state index contributed by atoms with van der Waals surface area (Å²) < 4.78 is 2.61. The van der Waals surface area contributed by atoms with Crippen molar-refractivity contribution in [2.75, 3.05) is 0 Å². The van der Waals surface area contributed by atoms with Gasteiger partial charge in [-0.25, -0.2) is 0 Å². The van der Waals surface area contributed by atoms with E-state index in [1.807, 2.05) is 11.3 Å². The van der Waals surface area contributed by atoms with E-state index in [0.717, 1.165) is 15.4 Å². The molecule has 2 aromatic heterocycles. The summed E-state index contributed by atoms with van der Waals surface area (Å²) in [4.78, 5) is 12.3. The minimum Gasteiger partial charge on any atom is -0.298 e. The standard InChI is InChI=1S/C10H9IOSSi/c1-5-3-7-9(11)8(4-12)6(2)14-10(7)13-5/h3-4,14H,1-2H3. The number of rotatable bonds is 1. The zero-order chi connectivity index (χ0) is 10.3. The number of carbonyl (C=O) groups excluding carboxylic acids is 1. The van der Waals surface area contributed by atoms with Crippen LogP contribution >= 0.6 is 33.9 Å². The lowest BCUT2D eigenvalue weighted by atomic mass is 10.2. The first-order valence-electron chi connectivity index (χ1n) is 4.28. The molecule has 0 aromatic carbocycles. The van der Waals surface area contributed by atoms with E-state index in [9.17, 15) is 4.79 Å². The second kappa shape index (κ2) is 3.82. The largest absolute Gasteiger partial charge is 0.298 e. The van der Waals surface area contributed by atoms with E-state index in [2.05, 4.69) is 42.5 Å². The second-order valence-corrected chi connectivity index (χ2v) is 7.82. The molecule has 0 aliphatic carbocycles. The third kappa shape index (κ3) is 1.59. The van der Waals surface area contributed by atoms with Crippen LogP contribution in [0.4, 0.5) is 0 Å². The SMILES string of the molecule is Cc1cc2c(I)c(C=O)c(C)[siH]c2s1. The number of carbonyl (C=O) groups is 1. The summed E-state index contributed by atoms with van der Waals surface area (Å²) in [5, 5.41) is 2.58. The fourth-order valence-corrected chi connectivity index (χ4v) is 6.58. The van der Waals surface area contributed by atoms with Gasteiger partial charge in [0.15, 0.2) is 6.29 Å². The number of thiophene rings is 1. The summed E-state index contributed by atoms with van der Waals surface area (Å²) in [5.41, 5.74) is 0.922. The highest BCUT2D eigenvalue weighted by molar-refractivity contribution is 14.1. The molecule has 2 aromatic rings. The van der Waals surface area contributed by atoms with E-state index in [0.29, 0.717) is 0 Å². The van der Waals surface area contributed by atoms with Crippen molar-refractivity contribution >= 4 is 59.0 Å². The number of hydrogen-bond donors (Lipinski definition) is 0. The molecule has 2 heterocycles. The predicted molar refractivity (Wildman–Crippen MR) is 72.1 cm³/mol. The van der Waals surface area contributed by atoms with Crippen molar-refractivity contribution in [1.82, 2.24) is 0 Å². The Bertz CT molecular complexity index is 518. The molecular weight excluding hydrogens is 323 g/mol. The van der Waals surface area contributed by atoms with E-state index >= 15 is 0 Å². The van der Waals surface area contributed by atoms with Gasteiger partial charge >= 0.3 is 0 Å². The molecule has 0 aliphatic heterocycles. The van der Waals surface area contributed by atoms with Gasteiger partial charge in [-0.05, 0) is 42.5 Å². The molecule has 0 spiro atoms. The Morgan fingerprint density at radius 1 is 1.50 bits per heavy atom. The van der Waals surface area contributed by atoms with Crippen LogP contribution in [0, 0.1) is 17.4 Å². The summed E-state index contributed by atoms with van der Waals surface area (Å²) in [6, 6.07) is 2.20. The van der Waals surface area contributed by atoms with E-state index < -0.39 is 0 Å². The average Bonchev–Trinajstić information content (AvgIpc) is 2.47. The molecule has 14 heavy (non-hydrogen) atoms. The lowest BCUT2D eigenvalue weighted by Crippen LogP contribution is -1.95. The molecule has 0 unspecified atom stereocenters. The highest BCUT2D eigenvalue weighted by atomic mass is 127. The Kier molecular flexibility index (Phi) is 2.85. The first-order chi connectivity index (χ1) is 6.63. The Labute approximate surface area is 102 Å². The van der Waals surface area contributed by atoms with Crippen molar-refractivity contribution in [2.45, 2.75) is 13.8 Å². The fourth-order valence-electron chi connectivity index (χ4n) is 1.55. The number of hydrogen-bond acceptors (Lipinski definition) is 2. The van der Waals surface area contributed by atoms with Crippen LogP contribution in [0.5, 0.6) is 0 Å². The van der Waals surface area contributed by atoms with Crippen molar-refractivity contribution in [1.29, 1.82) is 0 Å². The lowest BCUT2D eigenvalue weighted by molar-refractivity contribution is 0.112. The van der Waals surface area contributed by atoms with Gasteiger partial charge in [0, 0.05) is 32.8 Å². The minimum atomic E-state index is 0.167. The predicted octanol–water partition coefficient (Wildman–Crippen LogP) is 3.01. The fraction of sp³-hybridized carbons (Fsp3) is 0.200. The van der Waals surface area contributed by atoms with Gasteiger partial charge in [-0.3, -0.25) is 4.79 Å². The van der Waals surface area contributed by atoms with Crippen LogP contribution in [0.2, 0.25) is 0 Å². The molecule has 0 radical (unpaired) electrons. The molecular formula is C10H9IOSSi. The number of halogens is 1. The first kappa shape index (κ1) is 10.4. The van der Waals surface area contributed by atoms with Crippen LogP contribution in [0.3, 0.4) is 0 Å². The molecule has 0 N–H and O–H groups in total. The quantitative estimate of drug-likeness (QED) is 0.446. The minimum absolute atomic E-state index is 0.167. The van der Waals surface area contributed by atoms with Crippen molar-refractivity contribution < 1.29 is 4.79 Å². The molecule has 72 valence electrons. The van der Waals surface area contributed by atoms with Crippen molar-refractivity contribution in [2.24, 2.45) is 0 Å². The summed E-state index contributed by atoms with van der Waals surface area (Å²) in [6.45, 7) is 4.21. The smallest absolute Gasteiger partial charge is 0.150 e. The molecule has 1 nitrogen and oxygen atoms in total. The third-order valence-corrected chi connectivity index (χ3v) is 6.31. The highest BCUT2D eigenvalue weighted by Crippen LogP contribution is 2.29. The van der Waals surface area contributed by atoms with Crippen molar-refractivity contribution in [3.05, 3.63) is 25.3 Å². The summed E-state index contributed by atoms with van der Waals surface area (Å²) in [7, 11) is 0.167. The topological polar surface area (TPSA) is 17.1 Å². The first-order valence-corrected chi connectivity index (χ1v) is 7.33. The molecule has 0 amide bonds. The molecule has 0 fully saturated rings. The molecule has 0 bridgehead atoms. The van der Waals surface area contributed by atoms with E-state index in [1.165, 1.54) is 19.7 Å². The maximum absolute atomic E-state index is 10.9. The van der Waals surface area contributed by atoms with Crippen LogP contribution < -0.4 is 0 Å². The van der Waals surface area contributed by atoms with Gasteiger partial charge in [0.1, 0.15) is 0 Å². The second-order valence-electron chi connectivity index (χ2n) is 3.31. The van der Waals surface area contributed by atoms with Gasteiger partial charge in [0.2, 0.25) is 0 Å². The van der Waals surface area contributed by atoms with Crippen LogP contribution in [0.25, 0.3) is 9.70 Å². The summed E-state index contributed by atoms with van der Waals surface area (Å²) >= 11 is 4.16. The molecule has 0 aliphatic rings. The molecule has 2 rings (SSSR count). The summed E-state index contributed by atoms with van der Waals surface area (Å²) in [6.07, 6.45) is 1.00. The van der Waals surface area contributed by atoms with Crippen molar-refractivity contribution in [3.8, 4) is 0 Å². The van der Waals surface area contributed by atoms with Gasteiger partial charge in [-0.2, -0.15) is 0 Å². The Morgan fingerprint density at radius 3 is 2.86 bits per heavy atom. The Morgan fingerprint density at radius 2 is 2.21 bits per heavy atom. The maximum Gasteiger partial charge on any atom is 0.150 e. The van der Waals surface area contributed by atoms with Gasteiger partial charge in [0.05, 0.1) is 0 Å². The van der Waals surface area contributed by atoms with Crippen molar-refractivity contribution in [3.63, 3.8) is 0 Å². The van der Waals surface area contributed by atoms with Gasteiger partial charge < -0.3 is 0 Å². The van der Waals surface area contributed by atoms with E-state index in [1.54, 1.807) is 0 Å². The zero-order valence-electron chi connectivity index (χ0n) is 7.93. The molecule has 4 heteroatoms. The third-order valence-electron chi connectivity index (χ3n) is 2.25. The summed E-state index contributed by atoms with van der Waals surface area (Å²) in [5.74, 6) is 0. The Hall–Kier alpha value is -0.0731. The number of aryl methyl sites for hydroxylation is 2. The molecule has 0 saturated carbocycles. The van der Waals surface area contributed by atoms with E-state index in [-0.39, 0.29) is 9.12 Å². The maximum atomic E-state index is 10.9. The van der Waals surface area contributed by atoms with Gasteiger partial charge in [-0.15, -0.1) is 11.3 Å². The van der Waals surface area contributed by atoms with Gasteiger partial charge in [-0.1, -0.05) is 5.17 Å². The van der Waals surface area contributed by atoms with Crippen LogP contribution in [-0.2, 0) is 0 Å². The van der Waals surface area contributed by atoms with Crippen LogP contribution in [-0.4, -0.2) is 15.4 Å². The van der Waals surface area contributed by atoms with Gasteiger partial charge in [0.25, 0.3) is 0 Å². The van der Waals surface area contributed by atoms with Crippen LogP contribution in [0.1, 0.15) is 20.4 Å². The number of aldehydes is 1. The highest BCUT2D eigenvalue weighted by Gasteiger charge is 2.09. The molecule has 0 saturated heterocycles. The lowest BCUT2D eigenvalue weighted by Gasteiger charge is -2.02. The normalized spacial score (nSPS) is 10.8. The average molecular weight is 332 g/mol. The van der Waals surface area contributed by atoms with Crippen LogP contribution in [0.15, 0.2) is 6.07 Å². The Balaban J connectivity index is 2.91. The monoisotopic (exact) mass is 332 g/mol. The number of fused-ring (bicyclic) bond motifs is 1. The zero-order valence-corrected chi connectivity index (χ0v) is 12.1. The molecule has 0 atom stereocenters. The van der Waals surface area contributed by atoms with E-state index in [4.69, 9.17) is 0 Å².